The fourth-order valence-corrected chi connectivity index (χ4v) is 4.88. The van der Waals surface area contributed by atoms with Gasteiger partial charge in [0.2, 0.25) is 0 Å². The molecule has 4 aromatic rings. The van der Waals surface area contributed by atoms with Gasteiger partial charge in [0.05, 0.1) is 5.52 Å². The van der Waals surface area contributed by atoms with Gasteiger partial charge in [0.15, 0.2) is 5.82 Å². The molecule has 5 heteroatoms. The van der Waals surface area contributed by atoms with Crippen LogP contribution in [-0.2, 0) is 19.5 Å². The van der Waals surface area contributed by atoms with Gasteiger partial charge >= 0.3 is 0 Å². The van der Waals surface area contributed by atoms with E-state index in [-0.39, 0.29) is 0 Å². The minimum Gasteiger partial charge on any atom is -0.382 e. The van der Waals surface area contributed by atoms with Gasteiger partial charge in [-0.3, -0.25) is 9.58 Å². The number of rotatable bonds is 8. The van der Waals surface area contributed by atoms with Crippen LogP contribution in [-0.4, -0.2) is 32.8 Å². The van der Waals surface area contributed by atoms with E-state index >= 15 is 0 Å². The molecule has 0 saturated carbocycles. The van der Waals surface area contributed by atoms with Crippen LogP contribution in [0.15, 0.2) is 66.2 Å². The quantitative estimate of drug-likeness (QED) is 0.387. The van der Waals surface area contributed by atoms with Crippen LogP contribution < -0.4 is 5.73 Å². The molecule has 1 aliphatic heterocycles. The molecule has 1 aliphatic rings. The lowest BCUT2D eigenvalue weighted by molar-refractivity contribution is 0.338. The maximum atomic E-state index is 6.31. The van der Waals surface area contributed by atoms with Crippen molar-refractivity contribution in [1.82, 2.24) is 19.7 Å². The van der Waals surface area contributed by atoms with Gasteiger partial charge in [-0.2, -0.15) is 5.10 Å². The fourth-order valence-electron chi connectivity index (χ4n) is 4.88. The monoisotopic (exact) mass is 425 g/mol. The van der Waals surface area contributed by atoms with Gasteiger partial charge < -0.3 is 5.73 Å². The molecule has 2 aromatic heterocycles. The maximum absolute atomic E-state index is 6.31. The number of hydrogen-bond acceptors (Lipinski definition) is 4. The molecule has 0 saturated heterocycles. The summed E-state index contributed by atoms with van der Waals surface area (Å²) < 4.78 is 2.17. The highest BCUT2D eigenvalue weighted by Gasteiger charge is 2.18. The summed E-state index contributed by atoms with van der Waals surface area (Å²) in [6.45, 7) is 6.25. The molecular formula is C27H31N5. The van der Waals surface area contributed by atoms with Crippen molar-refractivity contribution in [3.63, 3.8) is 0 Å². The van der Waals surface area contributed by atoms with Crippen molar-refractivity contribution in [2.75, 3.05) is 18.8 Å². The summed E-state index contributed by atoms with van der Waals surface area (Å²) in [5.41, 5.74) is 12.3. The number of pyridine rings is 1. The summed E-state index contributed by atoms with van der Waals surface area (Å²) >= 11 is 0. The molecule has 2 aromatic carbocycles. The first kappa shape index (κ1) is 20.7. The van der Waals surface area contributed by atoms with Crippen molar-refractivity contribution in [1.29, 1.82) is 0 Å². The molecule has 5 nitrogen and oxygen atoms in total. The van der Waals surface area contributed by atoms with Gasteiger partial charge in [-0.25, -0.2) is 4.98 Å². The van der Waals surface area contributed by atoms with E-state index in [4.69, 9.17) is 10.8 Å². The Hall–Kier alpha value is -3.18. The summed E-state index contributed by atoms with van der Waals surface area (Å²) in [4.78, 5) is 7.11. The second kappa shape index (κ2) is 9.13. The molecule has 0 unspecified atom stereocenters. The first-order chi connectivity index (χ1) is 15.7. The Bertz CT molecular complexity index is 1260. The molecule has 0 radical (unpaired) electrons. The van der Waals surface area contributed by atoms with Crippen LogP contribution in [0.1, 0.15) is 37.4 Å². The van der Waals surface area contributed by atoms with Crippen LogP contribution in [0, 0.1) is 0 Å². The van der Waals surface area contributed by atoms with Gasteiger partial charge in [0.25, 0.3) is 0 Å². The van der Waals surface area contributed by atoms with Crippen molar-refractivity contribution in [3.8, 4) is 0 Å². The molecule has 0 bridgehead atoms. The normalized spacial score (nSPS) is 14.5. The zero-order valence-corrected chi connectivity index (χ0v) is 18.8. The van der Waals surface area contributed by atoms with Crippen LogP contribution in [0.4, 0.5) is 5.82 Å². The number of nitrogens with zero attached hydrogens (tertiary/aromatic N) is 4. The number of benzene rings is 2. The van der Waals surface area contributed by atoms with E-state index in [0.717, 1.165) is 68.3 Å². The van der Waals surface area contributed by atoms with Gasteiger partial charge in [0.1, 0.15) is 5.52 Å². The number of aryl methyl sites for hydroxylation is 2. The third-order valence-electron chi connectivity index (χ3n) is 6.38. The highest BCUT2D eigenvalue weighted by atomic mass is 15.3. The largest absolute Gasteiger partial charge is 0.382 e. The molecular weight excluding hydrogens is 394 g/mol. The van der Waals surface area contributed by atoms with Crippen molar-refractivity contribution in [2.24, 2.45) is 0 Å². The van der Waals surface area contributed by atoms with E-state index in [1.807, 2.05) is 12.1 Å². The van der Waals surface area contributed by atoms with E-state index in [2.05, 4.69) is 70.0 Å². The van der Waals surface area contributed by atoms with Crippen LogP contribution in [0.2, 0.25) is 0 Å². The number of nitrogens with two attached hydrogens (primary N) is 1. The van der Waals surface area contributed by atoms with Crippen molar-refractivity contribution in [3.05, 3.63) is 77.5 Å². The maximum Gasteiger partial charge on any atom is 0.152 e. The highest BCUT2D eigenvalue weighted by Crippen LogP contribution is 2.31. The second-order valence-corrected chi connectivity index (χ2v) is 8.78. The molecule has 3 heterocycles. The van der Waals surface area contributed by atoms with E-state index < -0.39 is 0 Å². The number of para-hydroxylation sites is 1. The average Bonchev–Trinajstić information content (AvgIpc) is 3.40. The Morgan fingerprint density at radius 1 is 1.00 bits per heavy atom. The van der Waals surface area contributed by atoms with Crippen LogP contribution in [0.5, 0.6) is 0 Å². The predicted octanol–water partition coefficient (Wildman–Crippen LogP) is 5.34. The lowest BCUT2D eigenvalue weighted by atomic mass is 10.0. The zero-order valence-electron chi connectivity index (χ0n) is 18.8. The zero-order chi connectivity index (χ0) is 21.9. The topological polar surface area (TPSA) is 60.0 Å². The summed E-state index contributed by atoms with van der Waals surface area (Å²) in [5.74, 6) is 0.532. The van der Waals surface area contributed by atoms with Gasteiger partial charge in [-0.1, -0.05) is 67.1 Å². The van der Waals surface area contributed by atoms with Crippen LogP contribution in [0.3, 0.4) is 0 Å². The Morgan fingerprint density at radius 2 is 1.81 bits per heavy atom. The number of anilines is 1. The number of nitrogen functional groups attached to an aromatic ring is 1. The molecule has 0 fully saturated rings. The molecule has 0 amide bonds. The highest BCUT2D eigenvalue weighted by molar-refractivity contribution is 6.09. The Kier molecular flexibility index (Phi) is 5.91. The number of fused-ring (bicyclic) bond motifs is 3. The fraction of sp³-hybridized carbons (Fsp3) is 0.333. The minimum absolute atomic E-state index is 0.532. The average molecular weight is 426 g/mol. The summed E-state index contributed by atoms with van der Waals surface area (Å²) in [6.07, 6.45) is 6.71. The smallest absolute Gasteiger partial charge is 0.152 e. The summed E-state index contributed by atoms with van der Waals surface area (Å²) in [5, 5.41) is 7.21. The minimum atomic E-state index is 0.532. The first-order valence-corrected chi connectivity index (χ1v) is 11.7. The third-order valence-corrected chi connectivity index (χ3v) is 6.38. The van der Waals surface area contributed by atoms with Crippen LogP contribution in [0.25, 0.3) is 21.8 Å². The third kappa shape index (κ3) is 4.13. The van der Waals surface area contributed by atoms with Crippen molar-refractivity contribution < 1.29 is 0 Å². The number of aromatic nitrogens is 3. The van der Waals surface area contributed by atoms with Crippen molar-refractivity contribution in [2.45, 2.75) is 45.7 Å². The Balaban J connectivity index is 1.31. The lowest BCUT2D eigenvalue weighted by Gasteiger charge is -2.16. The Labute approximate surface area is 189 Å². The van der Waals surface area contributed by atoms with Crippen LogP contribution >= 0.6 is 0 Å². The van der Waals surface area contributed by atoms with E-state index in [9.17, 15) is 0 Å². The molecule has 0 atom stereocenters. The van der Waals surface area contributed by atoms with E-state index in [1.165, 1.54) is 16.6 Å². The number of hydrogen-bond donors (Lipinski definition) is 1. The lowest BCUT2D eigenvalue weighted by Crippen LogP contribution is -2.20. The molecule has 2 N–H and O–H groups in total. The van der Waals surface area contributed by atoms with E-state index in [0.29, 0.717) is 5.82 Å². The van der Waals surface area contributed by atoms with Crippen molar-refractivity contribution >= 4 is 27.6 Å². The summed E-state index contributed by atoms with van der Waals surface area (Å²) in [7, 11) is 0. The van der Waals surface area contributed by atoms with Gasteiger partial charge in [0, 0.05) is 42.6 Å². The molecule has 164 valence electrons. The molecule has 0 spiro atoms. The van der Waals surface area contributed by atoms with Gasteiger partial charge in [-0.15, -0.1) is 0 Å². The molecule has 32 heavy (non-hydrogen) atoms. The van der Waals surface area contributed by atoms with E-state index in [1.54, 1.807) is 5.57 Å². The van der Waals surface area contributed by atoms with Gasteiger partial charge in [-0.05, 0) is 37.3 Å². The standard InChI is InChI=1S/C27H31N5/c1-2-16-32-24(25-22-12-6-7-13-23(22)29-27(28)26(25)30-32)14-8-11-21-15-17-31(19-21)18-20-9-4-3-5-10-20/h3-7,9-10,12-13,15H,2,8,11,14,16-19H2,1H3,(H2,28,29). The molecule has 5 rings (SSSR count). The predicted molar refractivity (Wildman–Crippen MR) is 132 cm³/mol. The second-order valence-electron chi connectivity index (χ2n) is 8.78. The summed E-state index contributed by atoms with van der Waals surface area (Å²) in [6, 6.07) is 19.0. The first-order valence-electron chi connectivity index (χ1n) is 11.7. The SMILES string of the molecule is CCCn1nc2c(N)nc3ccccc3c2c1CCCC1=CCN(Cc2ccccc2)C1. The molecule has 0 aliphatic carbocycles. The Morgan fingerprint density at radius 3 is 2.66 bits per heavy atom.